The summed E-state index contributed by atoms with van der Waals surface area (Å²) in [6, 6.07) is 11.8. The number of nitrogens with one attached hydrogen (secondary N) is 1. The van der Waals surface area contributed by atoms with Crippen molar-refractivity contribution >= 4 is 40.8 Å². The Morgan fingerprint density at radius 3 is 2.31 bits per heavy atom. The van der Waals surface area contributed by atoms with Crippen molar-refractivity contribution in [2.45, 2.75) is 26.7 Å². The summed E-state index contributed by atoms with van der Waals surface area (Å²) in [4.78, 5) is 24.4. The SMILES string of the molecule is CC(C)COC(=O)C(C)c1ccc(C(=O)Nc2cccc(Cl)c2Cl)cc1. The molecule has 0 aliphatic heterocycles. The van der Waals surface area contributed by atoms with Gasteiger partial charge in [-0.1, -0.05) is 55.2 Å². The van der Waals surface area contributed by atoms with Gasteiger partial charge in [-0.15, -0.1) is 0 Å². The van der Waals surface area contributed by atoms with E-state index >= 15 is 0 Å². The molecule has 1 amide bonds. The summed E-state index contributed by atoms with van der Waals surface area (Å²) < 4.78 is 5.26. The summed E-state index contributed by atoms with van der Waals surface area (Å²) in [5.74, 6) is -0.693. The molecule has 0 aromatic heterocycles. The molecule has 2 aromatic carbocycles. The second-order valence-corrected chi connectivity index (χ2v) is 7.21. The predicted molar refractivity (Wildman–Crippen MR) is 105 cm³/mol. The van der Waals surface area contributed by atoms with Gasteiger partial charge in [0, 0.05) is 5.56 Å². The van der Waals surface area contributed by atoms with E-state index in [-0.39, 0.29) is 17.8 Å². The Hall–Kier alpha value is -2.04. The number of carbonyl (C=O) groups is 2. The molecule has 0 aliphatic carbocycles. The average Bonchev–Trinajstić information content (AvgIpc) is 2.63. The van der Waals surface area contributed by atoms with Crippen LogP contribution < -0.4 is 5.32 Å². The van der Waals surface area contributed by atoms with Crippen molar-refractivity contribution in [1.82, 2.24) is 0 Å². The van der Waals surface area contributed by atoms with Crippen LogP contribution in [0.1, 0.15) is 42.6 Å². The highest BCUT2D eigenvalue weighted by Crippen LogP contribution is 2.30. The fourth-order valence-corrected chi connectivity index (χ4v) is 2.58. The number of anilines is 1. The first-order chi connectivity index (χ1) is 12.3. The van der Waals surface area contributed by atoms with Crippen LogP contribution in [0, 0.1) is 5.92 Å². The van der Waals surface area contributed by atoms with Crippen LogP contribution in [-0.4, -0.2) is 18.5 Å². The Balaban J connectivity index is 2.05. The number of benzene rings is 2. The van der Waals surface area contributed by atoms with Crippen molar-refractivity contribution in [3.63, 3.8) is 0 Å². The molecule has 0 radical (unpaired) electrons. The maximum atomic E-state index is 12.4. The molecule has 138 valence electrons. The van der Waals surface area contributed by atoms with Crippen molar-refractivity contribution < 1.29 is 14.3 Å². The smallest absolute Gasteiger partial charge is 0.313 e. The van der Waals surface area contributed by atoms with Crippen molar-refractivity contribution in [2.24, 2.45) is 5.92 Å². The molecule has 0 saturated carbocycles. The third-order valence-electron chi connectivity index (χ3n) is 3.79. The Labute approximate surface area is 163 Å². The number of halogens is 2. The maximum absolute atomic E-state index is 12.4. The fourth-order valence-electron chi connectivity index (χ4n) is 2.23. The molecule has 0 bridgehead atoms. The molecule has 26 heavy (non-hydrogen) atoms. The Morgan fingerprint density at radius 2 is 1.69 bits per heavy atom. The van der Waals surface area contributed by atoms with E-state index in [4.69, 9.17) is 27.9 Å². The molecule has 0 aliphatic rings. The fraction of sp³-hybridized carbons (Fsp3) is 0.300. The van der Waals surface area contributed by atoms with Crippen LogP contribution in [-0.2, 0) is 9.53 Å². The van der Waals surface area contributed by atoms with Crippen LogP contribution in [0.15, 0.2) is 42.5 Å². The molecule has 0 saturated heterocycles. The molecule has 2 rings (SSSR count). The van der Waals surface area contributed by atoms with Gasteiger partial charge in [0.15, 0.2) is 0 Å². The zero-order chi connectivity index (χ0) is 19.3. The van der Waals surface area contributed by atoms with Crippen molar-refractivity contribution in [2.75, 3.05) is 11.9 Å². The summed E-state index contributed by atoms with van der Waals surface area (Å²) in [5.41, 5.74) is 1.68. The Morgan fingerprint density at radius 1 is 1.04 bits per heavy atom. The van der Waals surface area contributed by atoms with Crippen LogP contribution in [0.25, 0.3) is 0 Å². The van der Waals surface area contributed by atoms with Gasteiger partial charge in [0.1, 0.15) is 0 Å². The second kappa shape index (κ2) is 9.06. The topological polar surface area (TPSA) is 55.4 Å². The van der Waals surface area contributed by atoms with Crippen molar-refractivity contribution in [3.05, 3.63) is 63.6 Å². The Kier molecular flexibility index (Phi) is 7.06. The van der Waals surface area contributed by atoms with Gasteiger partial charge in [-0.05, 0) is 42.7 Å². The molecule has 0 spiro atoms. The van der Waals surface area contributed by atoms with Crippen molar-refractivity contribution in [3.8, 4) is 0 Å². The van der Waals surface area contributed by atoms with E-state index in [1.54, 1.807) is 49.4 Å². The van der Waals surface area contributed by atoms with Crippen LogP contribution in [0.2, 0.25) is 10.0 Å². The summed E-state index contributed by atoms with van der Waals surface area (Å²) in [5, 5.41) is 3.39. The van der Waals surface area contributed by atoms with Gasteiger partial charge in [-0.2, -0.15) is 0 Å². The zero-order valence-corrected chi connectivity index (χ0v) is 16.4. The molecule has 0 fully saturated rings. The molecular weight excluding hydrogens is 373 g/mol. The highest BCUT2D eigenvalue weighted by Gasteiger charge is 2.18. The van der Waals surface area contributed by atoms with Gasteiger partial charge in [0.05, 0.1) is 28.3 Å². The quantitative estimate of drug-likeness (QED) is 0.654. The number of hydrogen-bond donors (Lipinski definition) is 1. The first-order valence-electron chi connectivity index (χ1n) is 8.31. The number of hydrogen-bond acceptors (Lipinski definition) is 3. The number of ether oxygens (including phenoxy) is 1. The van der Waals surface area contributed by atoms with E-state index in [9.17, 15) is 9.59 Å². The molecule has 1 N–H and O–H groups in total. The minimum Gasteiger partial charge on any atom is -0.465 e. The molecular formula is C20H21Cl2NO3. The standard InChI is InChI=1S/C20H21Cl2NO3/c1-12(2)11-26-20(25)13(3)14-7-9-15(10-8-14)19(24)23-17-6-4-5-16(21)18(17)22/h4-10,12-13H,11H2,1-3H3,(H,23,24). The molecule has 6 heteroatoms. The lowest BCUT2D eigenvalue weighted by atomic mass is 10.00. The number of amides is 1. The monoisotopic (exact) mass is 393 g/mol. The largest absolute Gasteiger partial charge is 0.465 e. The Bertz CT molecular complexity index is 788. The molecule has 1 atom stereocenters. The summed E-state index contributed by atoms with van der Waals surface area (Å²) >= 11 is 12.0. The number of carbonyl (C=O) groups excluding carboxylic acids is 2. The molecule has 4 nitrogen and oxygen atoms in total. The van der Waals surface area contributed by atoms with E-state index in [1.807, 2.05) is 13.8 Å². The third-order valence-corrected chi connectivity index (χ3v) is 4.60. The lowest BCUT2D eigenvalue weighted by Crippen LogP contribution is -2.16. The predicted octanol–water partition coefficient (Wildman–Crippen LogP) is 5.55. The van der Waals surface area contributed by atoms with E-state index in [0.717, 1.165) is 5.56 Å². The van der Waals surface area contributed by atoms with Gasteiger partial charge in [0.25, 0.3) is 5.91 Å². The van der Waals surface area contributed by atoms with E-state index in [2.05, 4.69) is 5.32 Å². The second-order valence-electron chi connectivity index (χ2n) is 6.42. The first-order valence-corrected chi connectivity index (χ1v) is 9.07. The van der Waals surface area contributed by atoms with E-state index in [1.165, 1.54) is 0 Å². The minimum atomic E-state index is -0.395. The molecule has 0 heterocycles. The van der Waals surface area contributed by atoms with Gasteiger partial charge in [0.2, 0.25) is 0 Å². The van der Waals surface area contributed by atoms with Crippen LogP contribution in [0.3, 0.4) is 0 Å². The zero-order valence-electron chi connectivity index (χ0n) is 14.9. The highest BCUT2D eigenvalue weighted by atomic mass is 35.5. The normalized spacial score (nSPS) is 11.9. The highest BCUT2D eigenvalue weighted by molar-refractivity contribution is 6.44. The van der Waals surface area contributed by atoms with Gasteiger partial charge in [-0.3, -0.25) is 9.59 Å². The maximum Gasteiger partial charge on any atom is 0.313 e. The molecule has 2 aromatic rings. The summed E-state index contributed by atoms with van der Waals surface area (Å²) in [7, 11) is 0. The number of rotatable bonds is 6. The number of esters is 1. The van der Waals surface area contributed by atoms with E-state index < -0.39 is 5.92 Å². The van der Waals surface area contributed by atoms with Crippen LogP contribution >= 0.6 is 23.2 Å². The lowest BCUT2D eigenvalue weighted by Gasteiger charge is -2.14. The molecule has 1 unspecified atom stereocenters. The minimum absolute atomic E-state index is 0.276. The average molecular weight is 394 g/mol. The van der Waals surface area contributed by atoms with Crippen LogP contribution in [0.5, 0.6) is 0 Å². The van der Waals surface area contributed by atoms with Gasteiger partial charge >= 0.3 is 5.97 Å². The lowest BCUT2D eigenvalue weighted by molar-refractivity contribution is -0.146. The summed E-state index contributed by atoms with van der Waals surface area (Å²) in [6.45, 7) is 6.14. The first kappa shape index (κ1) is 20.3. The summed E-state index contributed by atoms with van der Waals surface area (Å²) in [6.07, 6.45) is 0. The van der Waals surface area contributed by atoms with E-state index in [0.29, 0.717) is 27.9 Å². The van der Waals surface area contributed by atoms with Crippen molar-refractivity contribution in [1.29, 1.82) is 0 Å². The van der Waals surface area contributed by atoms with Crippen LogP contribution in [0.4, 0.5) is 5.69 Å². The van der Waals surface area contributed by atoms with Gasteiger partial charge in [-0.25, -0.2) is 0 Å². The third kappa shape index (κ3) is 5.23. The van der Waals surface area contributed by atoms with Gasteiger partial charge < -0.3 is 10.1 Å².